The van der Waals surface area contributed by atoms with Gasteiger partial charge in [0.1, 0.15) is 10.6 Å². The van der Waals surface area contributed by atoms with Crippen molar-refractivity contribution in [2.24, 2.45) is 0 Å². The molecule has 0 radical (unpaired) electrons. The van der Waals surface area contributed by atoms with Crippen molar-refractivity contribution in [3.05, 3.63) is 90.8 Å². The molecule has 168 valence electrons. The molecule has 4 aromatic rings. The van der Waals surface area contributed by atoms with Crippen LogP contribution in [-0.2, 0) is 0 Å². The molecule has 0 aliphatic rings. The lowest BCUT2D eigenvalue weighted by molar-refractivity contribution is 0.0989. The van der Waals surface area contributed by atoms with Crippen LogP contribution in [0, 0.1) is 27.7 Å². The van der Waals surface area contributed by atoms with Crippen LogP contribution < -0.4 is 16.2 Å². The second kappa shape index (κ2) is 8.80. The number of aryl methyl sites for hydroxylation is 3. The first-order chi connectivity index (χ1) is 15.7. The van der Waals surface area contributed by atoms with Gasteiger partial charge >= 0.3 is 0 Å². The zero-order chi connectivity index (χ0) is 23.9. The van der Waals surface area contributed by atoms with Crippen LogP contribution in [0.1, 0.15) is 42.5 Å². The number of nitrogens with one attached hydrogen (secondary N) is 2. The monoisotopic (exact) mass is 480 g/mol. The van der Waals surface area contributed by atoms with Crippen LogP contribution in [0.15, 0.2) is 47.3 Å². The molecule has 2 aromatic carbocycles. The molecule has 4 rings (SSSR count). The number of aromatic nitrogens is 2. The normalized spacial score (nSPS) is 10.9. The van der Waals surface area contributed by atoms with Gasteiger partial charge in [0.2, 0.25) is 0 Å². The Morgan fingerprint density at radius 3 is 2.45 bits per heavy atom. The van der Waals surface area contributed by atoms with Crippen molar-refractivity contribution in [3.63, 3.8) is 0 Å². The molecule has 33 heavy (non-hydrogen) atoms. The SMILES string of the molecule is Cc1cc(=O)n2c(C(=O)Nc3ccc(C)c(Cl)c3)c(C(=O)Nc3cccc(C)c3C)sc2n1. The summed E-state index contributed by atoms with van der Waals surface area (Å²) in [4.78, 5) is 44.0. The molecule has 2 aromatic heterocycles. The summed E-state index contributed by atoms with van der Waals surface area (Å²) in [7, 11) is 0. The Balaban J connectivity index is 1.81. The number of nitrogens with zero attached hydrogens (tertiary/aromatic N) is 2. The van der Waals surface area contributed by atoms with E-state index in [9.17, 15) is 14.4 Å². The number of carbonyl (C=O) groups is 2. The molecule has 2 amide bonds. The molecule has 9 heteroatoms. The quantitative estimate of drug-likeness (QED) is 0.422. The maximum atomic E-state index is 13.3. The van der Waals surface area contributed by atoms with Gasteiger partial charge in [0, 0.05) is 28.2 Å². The molecule has 0 bridgehead atoms. The van der Waals surface area contributed by atoms with Gasteiger partial charge in [0.05, 0.1) is 0 Å². The molecular weight excluding hydrogens is 460 g/mol. The maximum absolute atomic E-state index is 13.3. The van der Waals surface area contributed by atoms with E-state index in [2.05, 4.69) is 15.6 Å². The molecule has 0 unspecified atom stereocenters. The molecule has 0 spiro atoms. The highest BCUT2D eigenvalue weighted by molar-refractivity contribution is 7.19. The first-order valence-corrected chi connectivity index (χ1v) is 11.3. The number of anilines is 2. The zero-order valence-corrected chi connectivity index (χ0v) is 20.0. The Kier molecular flexibility index (Phi) is 6.05. The van der Waals surface area contributed by atoms with E-state index >= 15 is 0 Å². The highest BCUT2D eigenvalue weighted by atomic mass is 35.5. The molecule has 0 aliphatic carbocycles. The number of carbonyl (C=O) groups excluding carboxylic acids is 2. The third-order valence-electron chi connectivity index (χ3n) is 5.35. The molecular formula is C24H21ClN4O3S. The summed E-state index contributed by atoms with van der Waals surface area (Å²) in [6, 6.07) is 12.0. The summed E-state index contributed by atoms with van der Waals surface area (Å²) in [5.74, 6) is -1.11. The first-order valence-electron chi connectivity index (χ1n) is 10.1. The van der Waals surface area contributed by atoms with Gasteiger partial charge in [-0.2, -0.15) is 0 Å². The number of rotatable bonds is 4. The van der Waals surface area contributed by atoms with Gasteiger partial charge in [-0.1, -0.05) is 41.1 Å². The van der Waals surface area contributed by atoms with Gasteiger partial charge < -0.3 is 10.6 Å². The topological polar surface area (TPSA) is 92.6 Å². The number of amides is 2. The van der Waals surface area contributed by atoms with E-state index in [4.69, 9.17) is 11.6 Å². The number of fused-ring (bicyclic) bond motifs is 1. The van der Waals surface area contributed by atoms with Crippen LogP contribution in [0.25, 0.3) is 4.96 Å². The third-order valence-corrected chi connectivity index (χ3v) is 6.80. The van der Waals surface area contributed by atoms with Crippen molar-refractivity contribution in [3.8, 4) is 0 Å². The predicted octanol–water partition coefficient (Wildman–Crippen LogP) is 5.15. The van der Waals surface area contributed by atoms with Gasteiger partial charge in [-0.05, 0) is 62.6 Å². The average Bonchev–Trinajstić information content (AvgIpc) is 3.14. The summed E-state index contributed by atoms with van der Waals surface area (Å²) >= 11 is 7.17. The van der Waals surface area contributed by atoms with Crippen molar-refractivity contribution in [1.82, 2.24) is 9.38 Å². The van der Waals surface area contributed by atoms with Crippen molar-refractivity contribution in [2.75, 3.05) is 10.6 Å². The van der Waals surface area contributed by atoms with E-state index in [1.165, 1.54) is 10.5 Å². The van der Waals surface area contributed by atoms with E-state index in [1.54, 1.807) is 31.2 Å². The maximum Gasteiger partial charge on any atom is 0.274 e. The molecule has 0 aliphatic heterocycles. The van der Waals surface area contributed by atoms with Crippen LogP contribution in [0.5, 0.6) is 0 Å². The van der Waals surface area contributed by atoms with Gasteiger partial charge in [-0.25, -0.2) is 9.38 Å². The predicted molar refractivity (Wildman–Crippen MR) is 132 cm³/mol. The fourth-order valence-corrected chi connectivity index (χ4v) is 4.62. The molecule has 0 saturated heterocycles. The summed E-state index contributed by atoms with van der Waals surface area (Å²) in [5.41, 5.74) is 3.86. The average molecular weight is 481 g/mol. The Bertz CT molecular complexity index is 1490. The van der Waals surface area contributed by atoms with Crippen LogP contribution in [0.3, 0.4) is 0 Å². The summed E-state index contributed by atoms with van der Waals surface area (Å²) in [6.45, 7) is 7.39. The van der Waals surface area contributed by atoms with Crippen molar-refractivity contribution >= 4 is 51.1 Å². The van der Waals surface area contributed by atoms with E-state index in [-0.39, 0.29) is 15.5 Å². The number of hydrogen-bond donors (Lipinski definition) is 2. The largest absolute Gasteiger partial charge is 0.321 e. The standard InChI is InChI=1S/C24H21ClN4O3S/c1-12-6-5-7-18(15(12)4)28-23(32)21-20(29-19(30)10-14(3)26-24(29)33-21)22(31)27-16-9-8-13(2)17(25)11-16/h5-11H,1-4H3,(H,27,31)(H,28,32). The lowest BCUT2D eigenvalue weighted by Crippen LogP contribution is -2.25. The van der Waals surface area contributed by atoms with Crippen LogP contribution >= 0.6 is 22.9 Å². The van der Waals surface area contributed by atoms with E-state index in [0.29, 0.717) is 22.1 Å². The minimum atomic E-state index is -0.611. The van der Waals surface area contributed by atoms with Crippen LogP contribution in [0.4, 0.5) is 11.4 Å². The Labute approximate surface area is 199 Å². The highest BCUT2D eigenvalue weighted by Crippen LogP contribution is 2.26. The van der Waals surface area contributed by atoms with E-state index in [0.717, 1.165) is 28.0 Å². The van der Waals surface area contributed by atoms with Crippen LogP contribution in [0.2, 0.25) is 5.02 Å². The molecule has 7 nitrogen and oxygen atoms in total. The summed E-state index contributed by atoms with van der Waals surface area (Å²) in [6.07, 6.45) is 0. The highest BCUT2D eigenvalue weighted by Gasteiger charge is 2.26. The van der Waals surface area contributed by atoms with Gasteiger partial charge in [-0.3, -0.25) is 14.4 Å². The smallest absolute Gasteiger partial charge is 0.274 e. The van der Waals surface area contributed by atoms with Crippen LogP contribution in [-0.4, -0.2) is 21.2 Å². The third kappa shape index (κ3) is 4.40. The minimum Gasteiger partial charge on any atom is -0.321 e. The number of halogens is 1. The number of thiazole rings is 1. The molecule has 2 heterocycles. The second-order valence-corrected chi connectivity index (χ2v) is 9.14. The molecule has 0 saturated carbocycles. The van der Waals surface area contributed by atoms with Gasteiger partial charge in [0.25, 0.3) is 17.4 Å². The van der Waals surface area contributed by atoms with E-state index in [1.807, 2.05) is 32.9 Å². The van der Waals surface area contributed by atoms with Gasteiger partial charge in [0.15, 0.2) is 4.96 Å². The lowest BCUT2D eigenvalue weighted by atomic mass is 10.1. The van der Waals surface area contributed by atoms with Crippen molar-refractivity contribution < 1.29 is 9.59 Å². The van der Waals surface area contributed by atoms with Crippen molar-refractivity contribution in [2.45, 2.75) is 27.7 Å². The Morgan fingerprint density at radius 2 is 1.73 bits per heavy atom. The first kappa shape index (κ1) is 22.7. The minimum absolute atomic E-state index is 0.0768. The molecule has 0 fully saturated rings. The number of hydrogen-bond acceptors (Lipinski definition) is 5. The zero-order valence-electron chi connectivity index (χ0n) is 18.4. The van der Waals surface area contributed by atoms with Crippen molar-refractivity contribution in [1.29, 1.82) is 0 Å². The Hall–Kier alpha value is -3.49. The fourth-order valence-electron chi connectivity index (χ4n) is 3.37. The Morgan fingerprint density at radius 1 is 0.970 bits per heavy atom. The summed E-state index contributed by atoms with van der Waals surface area (Å²) in [5, 5.41) is 6.10. The lowest BCUT2D eigenvalue weighted by Gasteiger charge is -2.11. The second-order valence-electron chi connectivity index (χ2n) is 7.75. The molecule has 2 N–H and O–H groups in total. The van der Waals surface area contributed by atoms with Gasteiger partial charge in [-0.15, -0.1) is 0 Å². The van der Waals surface area contributed by atoms with E-state index < -0.39 is 17.4 Å². The number of benzene rings is 2. The molecule has 0 atom stereocenters. The fraction of sp³-hybridized carbons (Fsp3) is 0.167. The summed E-state index contributed by atoms with van der Waals surface area (Å²) < 4.78 is 1.17.